The average molecular weight is 335 g/mol. The standard InChI is InChI=1S/C20H21N3O2/c1-4-9-25-15-6-8-17(18(24)11-15)20-22-12-21-19(23-20)16-7-5-13(2)10-14(16)3/h5-8,10-12,24H,4,9H2,1-3H3. The first kappa shape index (κ1) is 16.9. The smallest absolute Gasteiger partial charge is 0.167 e. The number of nitrogens with zero attached hydrogens (tertiary/aromatic N) is 3. The molecular weight excluding hydrogens is 314 g/mol. The van der Waals surface area contributed by atoms with Gasteiger partial charge in [-0.25, -0.2) is 15.0 Å². The Morgan fingerprint density at radius 2 is 1.68 bits per heavy atom. The first-order valence-corrected chi connectivity index (χ1v) is 8.31. The van der Waals surface area contributed by atoms with E-state index in [0.717, 1.165) is 17.5 Å². The van der Waals surface area contributed by atoms with Crippen LogP contribution >= 0.6 is 0 Å². The lowest BCUT2D eigenvalue weighted by atomic mass is 10.1. The first-order chi connectivity index (χ1) is 12.1. The molecule has 1 aromatic heterocycles. The number of hydrogen-bond acceptors (Lipinski definition) is 5. The highest BCUT2D eigenvalue weighted by Crippen LogP contribution is 2.31. The van der Waals surface area contributed by atoms with Crippen molar-refractivity contribution < 1.29 is 9.84 Å². The minimum Gasteiger partial charge on any atom is -0.507 e. The van der Waals surface area contributed by atoms with E-state index in [1.165, 1.54) is 11.9 Å². The van der Waals surface area contributed by atoms with Crippen LogP contribution in [0.1, 0.15) is 24.5 Å². The van der Waals surface area contributed by atoms with Gasteiger partial charge in [0.25, 0.3) is 0 Å². The van der Waals surface area contributed by atoms with Crippen molar-refractivity contribution >= 4 is 0 Å². The third kappa shape index (κ3) is 3.76. The quantitative estimate of drug-likeness (QED) is 0.752. The van der Waals surface area contributed by atoms with E-state index in [1.807, 2.05) is 32.0 Å². The number of hydrogen-bond donors (Lipinski definition) is 1. The zero-order valence-corrected chi connectivity index (χ0v) is 14.7. The van der Waals surface area contributed by atoms with Gasteiger partial charge in [0.2, 0.25) is 0 Å². The van der Waals surface area contributed by atoms with E-state index in [1.54, 1.807) is 12.1 Å². The Morgan fingerprint density at radius 3 is 2.36 bits per heavy atom. The van der Waals surface area contributed by atoms with Crippen molar-refractivity contribution in [1.29, 1.82) is 0 Å². The van der Waals surface area contributed by atoms with Crippen LogP contribution in [0.25, 0.3) is 22.8 Å². The van der Waals surface area contributed by atoms with Gasteiger partial charge in [0.15, 0.2) is 11.6 Å². The zero-order valence-electron chi connectivity index (χ0n) is 14.7. The van der Waals surface area contributed by atoms with Crippen LogP contribution in [-0.2, 0) is 0 Å². The number of phenolic OH excluding ortho intramolecular Hbond substituents is 1. The number of aromatic nitrogens is 3. The molecule has 0 unspecified atom stereocenters. The van der Waals surface area contributed by atoms with Gasteiger partial charge in [0, 0.05) is 11.6 Å². The molecule has 2 aromatic carbocycles. The van der Waals surface area contributed by atoms with E-state index in [9.17, 15) is 5.11 Å². The maximum absolute atomic E-state index is 10.3. The van der Waals surface area contributed by atoms with E-state index in [2.05, 4.69) is 27.9 Å². The van der Waals surface area contributed by atoms with Crippen molar-refractivity contribution in [3.63, 3.8) is 0 Å². The van der Waals surface area contributed by atoms with Crippen molar-refractivity contribution in [1.82, 2.24) is 15.0 Å². The molecule has 5 heteroatoms. The van der Waals surface area contributed by atoms with Gasteiger partial charge in [-0.05, 0) is 38.0 Å². The second kappa shape index (κ2) is 7.30. The molecule has 3 rings (SSSR count). The van der Waals surface area contributed by atoms with E-state index in [0.29, 0.717) is 29.6 Å². The number of benzene rings is 2. The second-order valence-corrected chi connectivity index (χ2v) is 5.98. The Labute approximate surface area is 147 Å². The summed E-state index contributed by atoms with van der Waals surface area (Å²) in [5.74, 6) is 1.75. The summed E-state index contributed by atoms with van der Waals surface area (Å²) in [5, 5.41) is 10.3. The minimum atomic E-state index is 0.0892. The normalized spacial score (nSPS) is 10.7. The van der Waals surface area contributed by atoms with Crippen molar-refractivity contribution in [3.05, 3.63) is 53.9 Å². The fourth-order valence-corrected chi connectivity index (χ4v) is 2.63. The van der Waals surface area contributed by atoms with Gasteiger partial charge >= 0.3 is 0 Å². The predicted molar refractivity (Wildman–Crippen MR) is 97.6 cm³/mol. The maximum Gasteiger partial charge on any atom is 0.167 e. The Hall–Kier alpha value is -2.95. The molecule has 0 saturated heterocycles. The summed E-state index contributed by atoms with van der Waals surface area (Å²) in [6, 6.07) is 11.3. The van der Waals surface area contributed by atoms with E-state index in [-0.39, 0.29) is 5.75 Å². The SMILES string of the molecule is CCCOc1ccc(-c2ncnc(-c3ccc(C)cc3C)n2)c(O)c1. The molecular formula is C20H21N3O2. The summed E-state index contributed by atoms with van der Waals surface area (Å²) in [4.78, 5) is 13.0. The average Bonchev–Trinajstić information content (AvgIpc) is 2.60. The minimum absolute atomic E-state index is 0.0892. The Kier molecular flexibility index (Phi) is 4.93. The topological polar surface area (TPSA) is 68.1 Å². The van der Waals surface area contributed by atoms with Gasteiger partial charge < -0.3 is 9.84 Å². The fraction of sp³-hybridized carbons (Fsp3) is 0.250. The summed E-state index contributed by atoms with van der Waals surface area (Å²) < 4.78 is 5.53. The lowest BCUT2D eigenvalue weighted by Crippen LogP contribution is -1.98. The van der Waals surface area contributed by atoms with Gasteiger partial charge in [-0.1, -0.05) is 30.7 Å². The van der Waals surface area contributed by atoms with Gasteiger partial charge in [0.05, 0.1) is 12.2 Å². The van der Waals surface area contributed by atoms with Crippen LogP contribution in [0, 0.1) is 13.8 Å². The highest BCUT2D eigenvalue weighted by molar-refractivity contribution is 5.68. The Bertz CT molecular complexity index is 894. The molecule has 3 aromatic rings. The molecule has 0 atom stereocenters. The van der Waals surface area contributed by atoms with Gasteiger partial charge in [-0.2, -0.15) is 0 Å². The summed E-state index contributed by atoms with van der Waals surface area (Å²) in [6.07, 6.45) is 2.38. The van der Waals surface area contributed by atoms with Gasteiger partial charge in [0.1, 0.15) is 17.8 Å². The van der Waals surface area contributed by atoms with Crippen molar-refractivity contribution in [2.45, 2.75) is 27.2 Å². The van der Waals surface area contributed by atoms with E-state index in [4.69, 9.17) is 4.74 Å². The number of rotatable bonds is 5. The number of ether oxygens (including phenoxy) is 1. The molecule has 0 amide bonds. The van der Waals surface area contributed by atoms with Crippen LogP contribution < -0.4 is 4.74 Å². The summed E-state index contributed by atoms with van der Waals surface area (Å²) >= 11 is 0. The predicted octanol–water partition coefficient (Wildman–Crippen LogP) is 4.32. The fourth-order valence-electron chi connectivity index (χ4n) is 2.63. The molecule has 1 heterocycles. The third-order valence-electron chi connectivity index (χ3n) is 3.88. The Balaban J connectivity index is 1.96. The molecule has 0 aliphatic heterocycles. The molecule has 128 valence electrons. The molecule has 0 aliphatic rings. The summed E-state index contributed by atoms with van der Waals surface area (Å²) in [7, 11) is 0. The molecule has 0 fully saturated rings. The van der Waals surface area contributed by atoms with Crippen LogP contribution in [0.2, 0.25) is 0 Å². The number of aryl methyl sites for hydroxylation is 2. The van der Waals surface area contributed by atoms with Crippen LogP contribution in [0.3, 0.4) is 0 Å². The van der Waals surface area contributed by atoms with Gasteiger partial charge in [-0.3, -0.25) is 0 Å². The number of aromatic hydroxyl groups is 1. The Morgan fingerprint density at radius 1 is 0.960 bits per heavy atom. The van der Waals surface area contributed by atoms with Crippen LogP contribution in [0.15, 0.2) is 42.7 Å². The van der Waals surface area contributed by atoms with Crippen molar-refractivity contribution in [2.75, 3.05) is 6.61 Å². The molecule has 0 saturated carbocycles. The summed E-state index contributed by atoms with van der Waals surface area (Å²) in [6.45, 7) is 6.73. The second-order valence-electron chi connectivity index (χ2n) is 5.98. The van der Waals surface area contributed by atoms with Crippen molar-refractivity contribution in [3.8, 4) is 34.3 Å². The lowest BCUT2D eigenvalue weighted by Gasteiger charge is -2.09. The zero-order chi connectivity index (χ0) is 17.8. The van der Waals surface area contributed by atoms with Gasteiger partial charge in [-0.15, -0.1) is 0 Å². The molecule has 5 nitrogen and oxygen atoms in total. The van der Waals surface area contributed by atoms with E-state index < -0.39 is 0 Å². The van der Waals surface area contributed by atoms with Crippen LogP contribution in [-0.4, -0.2) is 26.7 Å². The number of phenols is 1. The molecule has 0 bridgehead atoms. The molecule has 0 aliphatic carbocycles. The molecule has 1 N–H and O–H groups in total. The lowest BCUT2D eigenvalue weighted by molar-refractivity contribution is 0.315. The third-order valence-corrected chi connectivity index (χ3v) is 3.88. The van der Waals surface area contributed by atoms with Crippen LogP contribution in [0.4, 0.5) is 0 Å². The summed E-state index contributed by atoms with van der Waals surface area (Å²) in [5.41, 5.74) is 3.80. The highest BCUT2D eigenvalue weighted by atomic mass is 16.5. The largest absolute Gasteiger partial charge is 0.507 e. The molecule has 25 heavy (non-hydrogen) atoms. The van der Waals surface area contributed by atoms with Crippen molar-refractivity contribution in [2.24, 2.45) is 0 Å². The highest BCUT2D eigenvalue weighted by Gasteiger charge is 2.12. The maximum atomic E-state index is 10.3. The first-order valence-electron chi connectivity index (χ1n) is 8.31. The molecule has 0 spiro atoms. The monoisotopic (exact) mass is 335 g/mol. The van der Waals surface area contributed by atoms with E-state index >= 15 is 0 Å². The van der Waals surface area contributed by atoms with Crippen LogP contribution in [0.5, 0.6) is 11.5 Å². The molecule has 0 radical (unpaired) electrons.